The third-order valence-corrected chi connectivity index (χ3v) is 4.93. The number of imidazole rings is 1. The van der Waals surface area contributed by atoms with Gasteiger partial charge in [-0.05, 0) is 25.2 Å². The van der Waals surface area contributed by atoms with Gasteiger partial charge in [0.05, 0.1) is 6.54 Å². The fourth-order valence-electron chi connectivity index (χ4n) is 3.56. The second-order valence-electron chi connectivity index (χ2n) is 7.51. The van der Waals surface area contributed by atoms with E-state index < -0.39 is 24.0 Å². The highest BCUT2D eigenvalue weighted by Gasteiger charge is 2.28. The van der Waals surface area contributed by atoms with Crippen LogP contribution in [-0.4, -0.2) is 43.4 Å². The number of aliphatic carboxylic acids is 2. The number of carboxylic acid groups (broad SMARTS) is 2. The van der Waals surface area contributed by atoms with Gasteiger partial charge in [-0.15, -0.1) is 0 Å². The summed E-state index contributed by atoms with van der Waals surface area (Å²) in [4.78, 5) is 35.6. The molecular weight excluding hydrogens is 338 g/mol. The zero-order chi connectivity index (χ0) is 19.3. The summed E-state index contributed by atoms with van der Waals surface area (Å²) in [5.41, 5.74) is -0.235. The van der Waals surface area contributed by atoms with E-state index in [1.807, 2.05) is 13.8 Å². The van der Waals surface area contributed by atoms with Crippen LogP contribution in [-0.2, 0) is 16.1 Å². The molecule has 0 bridgehead atoms. The van der Waals surface area contributed by atoms with Crippen LogP contribution in [0, 0.1) is 5.92 Å². The van der Waals surface area contributed by atoms with E-state index in [4.69, 9.17) is 0 Å². The molecule has 1 heterocycles. The Balaban J connectivity index is 2.12. The molecular formula is C18H29N3O5. The molecule has 1 fully saturated rings. The molecule has 0 radical (unpaired) electrons. The molecule has 0 saturated heterocycles. The van der Waals surface area contributed by atoms with Gasteiger partial charge in [0.25, 0.3) is 0 Å². The van der Waals surface area contributed by atoms with E-state index in [-0.39, 0.29) is 24.2 Å². The molecule has 1 saturated carbocycles. The molecule has 146 valence electrons. The number of nitrogens with one attached hydrogen (secondary N) is 1. The van der Waals surface area contributed by atoms with E-state index in [9.17, 15) is 24.6 Å². The van der Waals surface area contributed by atoms with Crippen molar-refractivity contribution in [3.63, 3.8) is 0 Å². The van der Waals surface area contributed by atoms with Gasteiger partial charge in [0, 0.05) is 18.4 Å². The Morgan fingerprint density at radius 3 is 2.27 bits per heavy atom. The van der Waals surface area contributed by atoms with Crippen LogP contribution in [0.5, 0.6) is 0 Å². The van der Waals surface area contributed by atoms with Gasteiger partial charge in [-0.2, -0.15) is 0 Å². The highest BCUT2D eigenvalue weighted by atomic mass is 16.4. The lowest BCUT2D eigenvalue weighted by molar-refractivity contribution is -0.143. The molecule has 0 aromatic carbocycles. The van der Waals surface area contributed by atoms with Crippen molar-refractivity contribution in [1.82, 2.24) is 14.5 Å². The van der Waals surface area contributed by atoms with Gasteiger partial charge in [0.1, 0.15) is 12.1 Å². The Kier molecular flexibility index (Phi) is 7.02. The topological polar surface area (TPSA) is 114 Å². The summed E-state index contributed by atoms with van der Waals surface area (Å²) in [6.07, 6.45) is 8.90. The number of rotatable bonds is 9. The summed E-state index contributed by atoms with van der Waals surface area (Å²) in [5, 5.41) is 21.5. The number of carbonyl (C=O) groups is 2. The quantitative estimate of drug-likeness (QED) is 0.612. The number of aromatic nitrogens is 2. The first kappa shape index (κ1) is 20.2. The maximum absolute atomic E-state index is 12.6. The Hall–Kier alpha value is -2.09. The Labute approximate surface area is 152 Å². The van der Waals surface area contributed by atoms with Crippen molar-refractivity contribution in [2.45, 2.75) is 77.0 Å². The van der Waals surface area contributed by atoms with E-state index in [1.54, 1.807) is 17.0 Å². The number of hydrogen-bond acceptors (Lipinski definition) is 4. The molecule has 8 nitrogen and oxygen atoms in total. The summed E-state index contributed by atoms with van der Waals surface area (Å²) in [6, 6.07) is -1.94. The van der Waals surface area contributed by atoms with Crippen molar-refractivity contribution >= 4 is 11.9 Å². The van der Waals surface area contributed by atoms with Crippen LogP contribution in [0.25, 0.3) is 0 Å². The van der Waals surface area contributed by atoms with Crippen LogP contribution in [0.4, 0.5) is 0 Å². The van der Waals surface area contributed by atoms with Gasteiger partial charge >= 0.3 is 17.6 Å². The van der Waals surface area contributed by atoms with Gasteiger partial charge in [-0.1, -0.05) is 33.1 Å². The number of nitrogens with zero attached hydrogens (tertiary/aromatic N) is 2. The van der Waals surface area contributed by atoms with Gasteiger partial charge in [-0.25, -0.2) is 4.79 Å². The fourth-order valence-corrected chi connectivity index (χ4v) is 3.56. The standard InChI is InChI=1S/C18H29N3O5/c1-12(2)10-14(16(22)23)19-15(17(24)25)11-20-8-9-21(18(20)26)13-6-4-3-5-7-13/h8-9,12-15,19H,3-7,10-11H2,1-2H3,(H,22,23)(H,24,25)/t14-,15?/m0/s1. The number of hydrogen-bond donors (Lipinski definition) is 3. The van der Waals surface area contributed by atoms with Crippen molar-refractivity contribution < 1.29 is 19.8 Å². The summed E-state index contributed by atoms with van der Waals surface area (Å²) in [5.74, 6) is -2.15. The first-order chi connectivity index (χ1) is 12.3. The molecule has 1 aromatic rings. The molecule has 8 heteroatoms. The van der Waals surface area contributed by atoms with Crippen LogP contribution in [0.15, 0.2) is 17.2 Å². The van der Waals surface area contributed by atoms with E-state index in [2.05, 4.69) is 5.32 Å². The average Bonchev–Trinajstić information content (AvgIpc) is 2.94. The lowest BCUT2D eigenvalue weighted by atomic mass is 9.95. The highest BCUT2D eigenvalue weighted by molar-refractivity contribution is 5.77. The zero-order valence-electron chi connectivity index (χ0n) is 15.4. The van der Waals surface area contributed by atoms with Gasteiger partial charge in [0.2, 0.25) is 0 Å². The van der Waals surface area contributed by atoms with E-state index in [0.29, 0.717) is 6.42 Å². The molecule has 1 aliphatic rings. The molecule has 26 heavy (non-hydrogen) atoms. The molecule has 1 aliphatic carbocycles. The minimum absolute atomic E-state index is 0.101. The predicted octanol–water partition coefficient (Wildman–Crippen LogP) is 1.70. The molecule has 2 atom stereocenters. The lowest BCUT2D eigenvalue weighted by Crippen LogP contribution is -2.50. The van der Waals surface area contributed by atoms with Crippen molar-refractivity contribution in [3.8, 4) is 0 Å². The minimum atomic E-state index is -1.17. The maximum Gasteiger partial charge on any atom is 0.328 e. The Bertz CT molecular complexity index is 673. The first-order valence-electron chi connectivity index (χ1n) is 9.28. The first-order valence-corrected chi connectivity index (χ1v) is 9.28. The largest absolute Gasteiger partial charge is 0.480 e. The zero-order valence-corrected chi connectivity index (χ0v) is 15.4. The third-order valence-electron chi connectivity index (χ3n) is 4.93. The smallest absolute Gasteiger partial charge is 0.328 e. The number of carboxylic acids is 2. The van der Waals surface area contributed by atoms with Crippen LogP contribution >= 0.6 is 0 Å². The summed E-state index contributed by atoms with van der Waals surface area (Å²) in [7, 11) is 0. The molecule has 0 aliphatic heterocycles. The van der Waals surface area contributed by atoms with Crippen molar-refractivity contribution in [3.05, 3.63) is 22.9 Å². The SMILES string of the molecule is CC(C)C[C@H](NC(Cn1ccn(C2CCCCC2)c1=O)C(=O)O)C(=O)O. The molecule has 0 spiro atoms. The van der Waals surface area contributed by atoms with Crippen LogP contribution in [0.3, 0.4) is 0 Å². The molecule has 3 N–H and O–H groups in total. The van der Waals surface area contributed by atoms with E-state index >= 15 is 0 Å². The van der Waals surface area contributed by atoms with E-state index in [0.717, 1.165) is 25.7 Å². The predicted molar refractivity (Wildman–Crippen MR) is 96.3 cm³/mol. The summed E-state index contributed by atoms with van der Waals surface area (Å²) in [6.45, 7) is 3.65. The molecule has 1 unspecified atom stereocenters. The van der Waals surface area contributed by atoms with Crippen LogP contribution < -0.4 is 11.0 Å². The second kappa shape index (κ2) is 9.02. The summed E-state index contributed by atoms with van der Waals surface area (Å²) < 4.78 is 3.04. The van der Waals surface area contributed by atoms with Crippen LogP contribution in [0.2, 0.25) is 0 Å². The van der Waals surface area contributed by atoms with Crippen LogP contribution in [0.1, 0.15) is 58.4 Å². The van der Waals surface area contributed by atoms with Gasteiger partial charge in [-0.3, -0.25) is 24.0 Å². The fraction of sp³-hybridized carbons (Fsp3) is 0.722. The Morgan fingerprint density at radius 2 is 1.73 bits per heavy atom. The molecule has 0 amide bonds. The maximum atomic E-state index is 12.6. The molecule has 2 rings (SSSR count). The Morgan fingerprint density at radius 1 is 1.12 bits per heavy atom. The van der Waals surface area contributed by atoms with E-state index in [1.165, 1.54) is 11.0 Å². The van der Waals surface area contributed by atoms with Crippen molar-refractivity contribution in [2.24, 2.45) is 5.92 Å². The summed E-state index contributed by atoms with van der Waals surface area (Å²) >= 11 is 0. The minimum Gasteiger partial charge on any atom is -0.480 e. The third kappa shape index (κ3) is 5.20. The molecule has 1 aromatic heterocycles. The average molecular weight is 367 g/mol. The lowest BCUT2D eigenvalue weighted by Gasteiger charge is -2.23. The normalized spacial score (nSPS) is 18.0. The monoisotopic (exact) mass is 367 g/mol. The highest BCUT2D eigenvalue weighted by Crippen LogP contribution is 2.26. The van der Waals surface area contributed by atoms with Gasteiger partial charge in [0.15, 0.2) is 0 Å². The van der Waals surface area contributed by atoms with Gasteiger partial charge < -0.3 is 10.2 Å². The van der Waals surface area contributed by atoms with Crippen molar-refractivity contribution in [2.75, 3.05) is 0 Å². The van der Waals surface area contributed by atoms with Crippen molar-refractivity contribution in [1.29, 1.82) is 0 Å². The second-order valence-corrected chi connectivity index (χ2v) is 7.51.